The second-order valence-corrected chi connectivity index (χ2v) is 5.89. The maximum atomic E-state index is 13.0. The van der Waals surface area contributed by atoms with Crippen molar-refractivity contribution in [3.63, 3.8) is 0 Å². The number of aromatic nitrogens is 2. The van der Waals surface area contributed by atoms with Gasteiger partial charge in [0.2, 0.25) is 0 Å². The molecule has 0 radical (unpaired) electrons. The van der Waals surface area contributed by atoms with E-state index in [-0.39, 0.29) is 12.5 Å². The molecule has 1 aromatic heterocycles. The minimum atomic E-state index is -1.08. The van der Waals surface area contributed by atoms with Crippen molar-refractivity contribution in [1.29, 1.82) is 0 Å². The van der Waals surface area contributed by atoms with Crippen molar-refractivity contribution in [3.05, 3.63) is 52.6 Å². The molecular formula is C17H18FN3O3. The standard InChI is InChI=1S/C17H18FN3O3/c18-11-7-5-10(6-8-11)13(17(23)24)9-19-16(22)15-12-3-1-2-4-14(12)20-21-15/h5-8,13H,1-4,9H2,(H,19,22)(H,20,21)(H,23,24). The lowest BCUT2D eigenvalue weighted by Crippen LogP contribution is -2.32. The molecule has 1 atom stereocenters. The van der Waals surface area contributed by atoms with Crippen LogP contribution < -0.4 is 5.32 Å². The van der Waals surface area contributed by atoms with Gasteiger partial charge in [0.15, 0.2) is 5.69 Å². The van der Waals surface area contributed by atoms with Crippen LogP contribution in [0.15, 0.2) is 24.3 Å². The highest BCUT2D eigenvalue weighted by molar-refractivity contribution is 5.94. The molecule has 1 unspecified atom stereocenters. The van der Waals surface area contributed by atoms with Crippen molar-refractivity contribution in [2.45, 2.75) is 31.6 Å². The Morgan fingerprint density at radius 2 is 1.96 bits per heavy atom. The zero-order valence-corrected chi connectivity index (χ0v) is 13.0. The van der Waals surface area contributed by atoms with Crippen LogP contribution in [0.4, 0.5) is 4.39 Å². The molecular weight excluding hydrogens is 313 g/mol. The Morgan fingerprint density at radius 1 is 1.25 bits per heavy atom. The Kier molecular flexibility index (Phi) is 4.59. The fourth-order valence-electron chi connectivity index (χ4n) is 2.99. The maximum absolute atomic E-state index is 13.0. The average molecular weight is 331 g/mol. The van der Waals surface area contributed by atoms with Crippen LogP contribution in [0.25, 0.3) is 0 Å². The third-order valence-corrected chi connectivity index (χ3v) is 4.31. The number of hydrogen-bond donors (Lipinski definition) is 3. The van der Waals surface area contributed by atoms with E-state index in [1.165, 1.54) is 24.3 Å². The number of aromatic amines is 1. The third-order valence-electron chi connectivity index (χ3n) is 4.31. The summed E-state index contributed by atoms with van der Waals surface area (Å²) in [6.07, 6.45) is 3.76. The number of carboxylic acid groups (broad SMARTS) is 1. The van der Waals surface area contributed by atoms with Crippen LogP contribution in [0, 0.1) is 5.82 Å². The van der Waals surface area contributed by atoms with Gasteiger partial charge >= 0.3 is 5.97 Å². The summed E-state index contributed by atoms with van der Waals surface area (Å²) in [4.78, 5) is 23.8. The Morgan fingerprint density at radius 3 is 2.67 bits per heavy atom. The Balaban J connectivity index is 1.70. The molecule has 0 spiro atoms. The predicted octanol–water partition coefficient (Wildman–Crippen LogP) is 2.03. The molecule has 6 nitrogen and oxygen atoms in total. The van der Waals surface area contributed by atoms with E-state index in [0.717, 1.165) is 36.9 Å². The minimum Gasteiger partial charge on any atom is -0.481 e. The van der Waals surface area contributed by atoms with E-state index in [1.807, 2.05) is 0 Å². The number of H-pyrrole nitrogens is 1. The molecule has 0 saturated heterocycles. The Bertz CT molecular complexity index is 755. The van der Waals surface area contributed by atoms with Crippen LogP contribution in [0.5, 0.6) is 0 Å². The summed E-state index contributed by atoms with van der Waals surface area (Å²) in [6.45, 7) is -0.0819. The lowest BCUT2D eigenvalue weighted by molar-refractivity contribution is -0.138. The van der Waals surface area contributed by atoms with Gasteiger partial charge in [-0.05, 0) is 43.4 Å². The van der Waals surface area contributed by atoms with E-state index in [0.29, 0.717) is 11.3 Å². The molecule has 0 aliphatic heterocycles. The molecule has 1 aliphatic carbocycles. The summed E-state index contributed by atoms with van der Waals surface area (Å²) in [6, 6.07) is 5.24. The van der Waals surface area contributed by atoms with Gasteiger partial charge in [0.25, 0.3) is 5.91 Å². The molecule has 3 rings (SSSR count). The first-order valence-electron chi connectivity index (χ1n) is 7.89. The Hall–Kier alpha value is -2.70. The van der Waals surface area contributed by atoms with Gasteiger partial charge < -0.3 is 10.4 Å². The summed E-state index contributed by atoms with van der Waals surface area (Å²) in [5, 5.41) is 19.0. The molecule has 0 bridgehead atoms. The van der Waals surface area contributed by atoms with E-state index >= 15 is 0 Å². The highest BCUT2D eigenvalue weighted by atomic mass is 19.1. The topological polar surface area (TPSA) is 95.1 Å². The number of fused-ring (bicyclic) bond motifs is 1. The molecule has 24 heavy (non-hydrogen) atoms. The van der Waals surface area contributed by atoms with Crippen molar-refractivity contribution in [3.8, 4) is 0 Å². The number of carboxylic acids is 1. The van der Waals surface area contributed by atoms with Crippen LogP contribution in [0.2, 0.25) is 0 Å². The van der Waals surface area contributed by atoms with Gasteiger partial charge in [0.05, 0.1) is 5.92 Å². The number of carbonyl (C=O) groups excluding carboxylic acids is 1. The summed E-state index contributed by atoms with van der Waals surface area (Å²) in [5.74, 6) is -2.84. The van der Waals surface area contributed by atoms with Crippen molar-refractivity contribution in [1.82, 2.24) is 15.5 Å². The second-order valence-electron chi connectivity index (χ2n) is 5.89. The largest absolute Gasteiger partial charge is 0.481 e. The minimum absolute atomic E-state index is 0.0819. The van der Waals surface area contributed by atoms with Crippen molar-refractivity contribution in [2.24, 2.45) is 0 Å². The molecule has 0 fully saturated rings. The first-order valence-corrected chi connectivity index (χ1v) is 7.89. The van der Waals surface area contributed by atoms with Crippen molar-refractivity contribution in [2.75, 3.05) is 6.54 Å². The van der Waals surface area contributed by atoms with Crippen LogP contribution in [-0.2, 0) is 17.6 Å². The van der Waals surface area contributed by atoms with Gasteiger partial charge in [-0.1, -0.05) is 12.1 Å². The molecule has 1 aromatic carbocycles. The van der Waals surface area contributed by atoms with Gasteiger partial charge in [-0.15, -0.1) is 0 Å². The quantitative estimate of drug-likeness (QED) is 0.781. The smallest absolute Gasteiger partial charge is 0.312 e. The van der Waals surface area contributed by atoms with Gasteiger partial charge in [0, 0.05) is 17.8 Å². The molecule has 126 valence electrons. The van der Waals surface area contributed by atoms with E-state index in [9.17, 15) is 19.1 Å². The molecule has 7 heteroatoms. The predicted molar refractivity (Wildman–Crippen MR) is 84.3 cm³/mol. The van der Waals surface area contributed by atoms with Gasteiger partial charge in [0.1, 0.15) is 5.82 Å². The average Bonchev–Trinajstić information content (AvgIpc) is 3.00. The highest BCUT2D eigenvalue weighted by Crippen LogP contribution is 2.22. The molecule has 2 aromatic rings. The number of halogens is 1. The second kappa shape index (κ2) is 6.82. The fraction of sp³-hybridized carbons (Fsp3) is 0.353. The molecule has 0 saturated carbocycles. The van der Waals surface area contributed by atoms with E-state index in [2.05, 4.69) is 15.5 Å². The number of nitrogens with one attached hydrogen (secondary N) is 2. The molecule has 1 heterocycles. The van der Waals surface area contributed by atoms with Crippen LogP contribution >= 0.6 is 0 Å². The van der Waals surface area contributed by atoms with Crippen LogP contribution in [0.1, 0.15) is 46.1 Å². The lowest BCUT2D eigenvalue weighted by atomic mass is 9.95. The summed E-state index contributed by atoms with van der Waals surface area (Å²) >= 11 is 0. The number of carbonyl (C=O) groups is 2. The lowest BCUT2D eigenvalue weighted by Gasteiger charge is -2.14. The summed E-state index contributed by atoms with van der Waals surface area (Å²) in [7, 11) is 0. The highest BCUT2D eigenvalue weighted by Gasteiger charge is 2.24. The monoisotopic (exact) mass is 331 g/mol. The van der Waals surface area contributed by atoms with Gasteiger partial charge in [-0.2, -0.15) is 5.10 Å². The van der Waals surface area contributed by atoms with E-state index < -0.39 is 17.7 Å². The zero-order valence-electron chi connectivity index (χ0n) is 13.0. The number of aryl methyl sites for hydroxylation is 1. The zero-order chi connectivity index (χ0) is 17.1. The summed E-state index contributed by atoms with van der Waals surface area (Å²) in [5.41, 5.74) is 2.69. The summed E-state index contributed by atoms with van der Waals surface area (Å²) < 4.78 is 13.0. The number of aliphatic carboxylic acids is 1. The fourth-order valence-corrected chi connectivity index (χ4v) is 2.99. The van der Waals surface area contributed by atoms with E-state index in [4.69, 9.17) is 0 Å². The van der Waals surface area contributed by atoms with Crippen molar-refractivity contribution >= 4 is 11.9 Å². The van der Waals surface area contributed by atoms with Gasteiger partial charge in [-0.25, -0.2) is 4.39 Å². The van der Waals surface area contributed by atoms with Gasteiger partial charge in [-0.3, -0.25) is 14.7 Å². The van der Waals surface area contributed by atoms with E-state index in [1.54, 1.807) is 0 Å². The third kappa shape index (κ3) is 3.29. The molecule has 1 amide bonds. The van der Waals surface area contributed by atoms with Crippen molar-refractivity contribution < 1.29 is 19.1 Å². The first-order chi connectivity index (χ1) is 11.6. The van der Waals surface area contributed by atoms with Crippen LogP contribution in [-0.4, -0.2) is 33.7 Å². The molecule has 3 N–H and O–H groups in total. The number of nitrogens with zero attached hydrogens (tertiary/aromatic N) is 1. The first kappa shape index (κ1) is 16.2. The van der Waals surface area contributed by atoms with Crippen LogP contribution in [0.3, 0.4) is 0 Å². The molecule has 1 aliphatic rings. The SMILES string of the molecule is O=C(NCC(C(=O)O)c1ccc(F)cc1)c1n[nH]c2c1CCCC2. The number of rotatable bonds is 5. The number of benzene rings is 1. The normalized spacial score (nSPS) is 14.7. The number of hydrogen-bond acceptors (Lipinski definition) is 3. The maximum Gasteiger partial charge on any atom is 0.312 e. The number of amides is 1. The Labute approximate surface area is 138 Å².